The lowest BCUT2D eigenvalue weighted by Gasteiger charge is -2.11. The van der Waals surface area contributed by atoms with Crippen molar-refractivity contribution in [2.45, 2.75) is 20.0 Å². The Labute approximate surface area is 161 Å². The van der Waals surface area contributed by atoms with Crippen LogP contribution in [0.4, 0.5) is 25.8 Å². The van der Waals surface area contributed by atoms with E-state index < -0.39 is 17.5 Å². The Morgan fingerprint density at radius 1 is 0.964 bits per heavy atom. The fourth-order valence-corrected chi connectivity index (χ4v) is 2.45. The maximum absolute atomic E-state index is 13.7. The van der Waals surface area contributed by atoms with Crippen molar-refractivity contribution < 1.29 is 18.3 Å². The second kappa shape index (κ2) is 8.47. The van der Waals surface area contributed by atoms with Crippen molar-refractivity contribution in [3.8, 4) is 5.75 Å². The number of para-hydroxylation sites is 1. The van der Waals surface area contributed by atoms with Gasteiger partial charge in [-0.1, -0.05) is 6.07 Å². The first-order valence-corrected chi connectivity index (χ1v) is 8.67. The Morgan fingerprint density at radius 3 is 2.18 bits per heavy atom. The molecule has 28 heavy (non-hydrogen) atoms. The zero-order chi connectivity index (χ0) is 20.1. The highest BCUT2D eigenvalue weighted by Gasteiger charge is 2.11. The smallest absolute Gasteiger partial charge is 0.274 e. The molecule has 5 nitrogen and oxygen atoms in total. The number of hydrogen-bond donors (Lipinski definition) is 2. The summed E-state index contributed by atoms with van der Waals surface area (Å²) < 4.78 is 32.9. The van der Waals surface area contributed by atoms with E-state index in [0.717, 1.165) is 12.1 Å². The molecule has 2 N–H and O–H groups in total. The number of anilines is 3. The normalized spacial score (nSPS) is 10.6. The maximum Gasteiger partial charge on any atom is 0.274 e. The highest BCUT2D eigenvalue weighted by atomic mass is 19.1. The highest BCUT2D eigenvalue weighted by molar-refractivity contribution is 6.03. The molecular weight excluding hydrogens is 364 g/mol. The molecule has 144 valence electrons. The van der Waals surface area contributed by atoms with Crippen LogP contribution in [-0.4, -0.2) is 17.0 Å². The molecule has 0 saturated carbocycles. The molecule has 0 aliphatic rings. The minimum atomic E-state index is -0.716. The van der Waals surface area contributed by atoms with Crippen molar-refractivity contribution in [1.82, 2.24) is 4.98 Å². The van der Waals surface area contributed by atoms with Gasteiger partial charge in [0.25, 0.3) is 5.91 Å². The van der Waals surface area contributed by atoms with Crippen LogP contribution in [0, 0.1) is 11.6 Å². The molecule has 0 aliphatic heterocycles. The Morgan fingerprint density at radius 2 is 1.61 bits per heavy atom. The first-order chi connectivity index (χ1) is 13.4. The lowest BCUT2D eigenvalue weighted by atomic mass is 10.2. The van der Waals surface area contributed by atoms with E-state index in [2.05, 4.69) is 15.6 Å². The van der Waals surface area contributed by atoms with Crippen LogP contribution in [0.25, 0.3) is 0 Å². The lowest BCUT2D eigenvalue weighted by Crippen LogP contribution is -2.13. The number of rotatable bonds is 6. The van der Waals surface area contributed by atoms with E-state index in [0.29, 0.717) is 17.1 Å². The molecule has 1 aromatic heterocycles. The number of carbonyl (C=O) groups excluding carboxylic acids is 1. The molecule has 0 spiro atoms. The number of carbonyl (C=O) groups is 1. The summed E-state index contributed by atoms with van der Waals surface area (Å²) in [7, 11) is 0. The van der Waals surface area contributed by atoms with Crippen LogP contribution in [0.2, 0.25) is 0 Å². The van der Waals surface area contributed by atoms with Gasteiger partial charge in [0.15, 0.2) is 0 Å². The zero-order valence-electron chi connectivity index (χ0n) is 15.4. The highest BCUT2D eigenvalue weighted by Crippen LogP contribution is 2.23. The van der Waals surface area contributed by atoms with Crippen LogP contribution in [0.5, 0.6) is 5.75 Å². The number of ether oxygens (including phenoxy) is 1. The molecule has 1 heterocycles. The second-order valence-electron chi connectivity index (χ2n) is 6.30. The molecular formula is C21H19F2N3O2. The Hall–Kier alpha value is -3.48. The monoisotopic (exact) mass is 383 g/mol. The molecule has 0 atom stereocenters. The molecule has 3 aromatic rings. The number of nitrogens with one attached hydrogen (secondary N) is 2. The Balaban J connectivity index is 1.65. The van der Waals surface area contributed by atoms with Gasteiger partial charge in [0.1, 0.15) is 28.8 Å². The van der Waals surface area contributed by atoms with Gasteiger partial charge in [-0.15, -0.1) is 0 Å². The van der Waals surface area contributed by atoms with E-state index in [1.807, 2.05) is 13.8 Å². The van der Waals surface area contributed by atoms with Crippen molar-refractivity contribution in [2.24, 2.45) is 0 Å². The van der Waals surface area contributed by atoms with Crippen LogP contribution < -0.4 is 15.4 Å². The van der Waals surface area contributed by atoms with Gasteiger partial charge < -0.3 is 15.4 Å². The third-order valence-electron chi connectivity index (χ3n) is 3.71. The zero-order valence-corrected chi connectivity index (χ0v) is 15.4. The summed E-state index contributed by atoms with van der Waals surface area (Å²) >= 11 is 0. The van der Waals surface area contributed by atoms with Gasteiger partial charge in [-0.3, -0.25) is 4.79 Å². The summed E-state index contributed by atoms with van der Waals surface area (Å²) in [5, 5.41) is 5.35. The molecule has 0 unspecified atom stereocenters. The van der Waals surface area contributed by atoms with Crippen molar-refractivity contribution >= 4 is 23.0 Å². The fourth-order valence-electron chi connectivity index (χ4n) is 2.45. The number of hydrogen-bond acceptors (Lipinski definition) is 4. The Bertz CT molecular complexity index is 938. The largest absolute Gasteiger partial charge is 0.491 e. The summed E-state index contributed by atoms with van der Waals surface area (Å²) in [6.07, 6.45) is 1.40. The van der Waals surface area contributed by atoms with E-state index in [1.165, 1.54) is 24.4 Å². The lowest BCUT2D eigenvalue weighted by molar-refractivity contribution is 0.102. The minimum absolute atomic E-state index is 0.0644. The number of aromatic nitrogens is 1. The van der Waals surface area contributed by atoms with Crippen LogP contribution >= 0.6 is 0 Å². The summed E-state index contributed by atoms with van der Waals surface area (Å²) in [5.74, 6) is -1.12. The van der Waals surface area contributed by atoms with Crippen molar-refractivity contribution in [3.63, 3.8) is 0 Å². The van der Waals surface area contributed by atoms with Gasteiger partial charge in [0.05, 0.1) is 18.0 Å². The number of halogens is 2. The quantitative estimate of drug-likeness (QED) is 0.618. The van der Waals surface area contributed by atoms with Crippen molar-refractivity contribution in [3.05, 3.63) is 78.1 Å². The molecule has 3 rings (SSSR count). The third kappa shape index (κ3) is 4.82. The van der Waals surface area contributed by atoms with Gasteiger partial charge in [0, 0.05) is 5.69 Å². The van der Waals surface area contributed by atoms with Gasteiger partial charge in [0.2, 0.25) is 0 Å². The molecule has 0 bridgehead atoms. The SMILES string of the molecule is CC(C)Oc1ccc(NC(=O)c2ccc(Nc3c(F)cccc3F)cn2)cc1. The third-order valence-corrected chi connectivity index (χ3v) is 3.71. The van der Waals surface area contributed by atoms with Gasteiger partial charge >= 0.3 is 0 Å². The molecule has 2 aromatic carbocycles. The van der Waals surface area contributed by atoms with Crippen molar-refractivity contribution in [2.75, 3.05) is 10.6 Å². The van der Waals surface area contributed by atoms with Crippen molar-refractivity contribution in [1.29, 1.82) is 0 Å². The summed E-state index contributed by atoms with van der Waals surface area (Å²) in [6, 6.07) is 13.6. The minimum Gasteiger partial charge on any atom is -0.491 e. The summed E-state index contributed by atoms with van der Waals surface area (Å²) in [6.45, 7) is 3.86. The molecule has 7 heteroatoms. The summed E-state index contributed by atoms with van der Waals surface area (Å²) in [5.41, 5.74) is 0.849. The van der Waals surface area contributed by atoms with E-state index >= 15 is 0 Å². The molecule has 0 radical (unpaired) electrons. The first kappa shape index (κ1) is 19.3. The summed E-state index contributed by atoms with van der Waals surface area (Å²) in [4.78, 5) is 16.4. The standard InChI is InChI=1S/C21H19F2N3O2/c1-13(2)28-16-9-6-14(7-10-16)26-21(27)19-11-8-15(12-24-19)25-20-17(22)4-3-5-18(20)23/h3-13,25H,1-2H3,(H,26,27). The van der Waals surface area contributed by atoms with Crippen LogP contribution in [0.1, 0.15) is 24.3 Å². The van der Waals surface area contributed by atoms with E-state index in [1.54, 1.807) is 24.3 Å². The topological polar surface area (TPSA) is 63.2 Å². The number of nitrogens with zero attached hydrogens (tertiary/aromatic N) is 1. The number of benzene rings is 2. The van der Waals surface area contributed by atoms with Gasteiger partial charge in [-0.25, -0.2) is 13.8 Å². The fraction of sp³-hybridized carbons (Fsp3) is 0.143. The van der Waals surface area contributed by atoms with Gasteiger partial charge in [-0.2, -0.15) is 0 Å². The molecule has 0 saturated heterocycles. The predicted molar refractivity (Wildman–Crippen MR) is 104 cm³/mol. The second-order valence-corrected chi connectivity index (χ2v) is 6.30. The first-order valence-electron chi connectivity index (χ1n) is 8.67. The predicted octanol–water partition coefficient (Wildman–Crippen LogP) is 5.14. The Kier molecular flexibility index (Phi) is 5.84. The van der Waals surface area contributed by atoms with Gasteiger partial charge in [-0.05, 0) is 62.4 Å². The van der Waals surface area contributed by atoms with E-state index in [9.17, 15) is 13.6 Å². The average Bonchev–Trinajstić information content (AvgIpc) is 2.66. The molecule has 1 amide bonds. The van der Waals surface area contributed by atoms with Crippen LogP contribution in [0.3, 0.4) is 0 Å². The number of pyridine rings is 1. The number of amides is 1. The average molecular weight is 383 g/mol. The molecule has 0 fully saturated rings. The van der Waals surface area contributed by atoms with E-state index in [4.69, 9.17) is 4.74 Å². The van der Waals surface area contributed by atoms with Crippen LogP contribution in [-0.2, 0) is 0 Å². The maximum atomic E-state index is 13.7. The van der Waals surface area contributed by atoms with Crippen LogP contribution in [0.15, 0.2) is 60.8 Å². The van der Waals surface area contributed by atoms with E-state index in [-0.39, 0.29) is 17.5 Å². The molecule has 0 aliphatic carbocycles.